The van der Waals surface area contributed by atoms with E-state index in [1.807, 2.05) is 24.6 Å². The number of aromatic nitrogens is 8. The Labute approximate surface area is 232 Å². The van der Waals surface area contributed by atoms with Crippen LogP contribution in [0.2, 0.25) is 5.02 Å². The monoisotopic (exact) mass is 570 g/mol. The van der Waals surface area contributed by atoms with Crippen LogP contribution in [0.15, 0.2) is 36.8 Å². The van der Waals surface area contributed by atoms with Crippen LogP contribution in [0.1, 0.15) is 55.6 Å². The molecule has 0 aliphatic heterocycles. The highest BCUT2D eigenvalue weighted by Gasteiger charge is 2.35. The molecule has 0 spiro atoms. The molecule has 0 unspecified atom stereocenters. The van der Waals surface area contributed by atoms with Gasteiger partial charge in [-0.05, 0) is 44.4 Å². The molecule has 0 amide bonds. The van der Waals surface area contributed by atoms with Gasteiger partial charge in [0.15, 0.2) is 17.2 Å². The van der Waals surface area contributed by atoms with Crippen LogP contribution in [0, 0.1) is 0 Å². The summed E-state index contributed by atoms with van der Waals surface area (Å²) in [6.07, 6.45) is 1.93. The van der Waals surface area contributed by atoms with Gasteiger partial charge in [0, 0.05) is 31.4 Å². The van der Waals surface area contributed by atoms with Crippen LogP contribution in [0.3, 0.4) is 0 Å². The number of aryl methyl sites for hydroxylation is 1. The van der Waals surface area contributed by atoms with Crippen LogP contribution >= 0.6 is 11.6 Å². The van der Waals surface area contributed by atoms with Crippen molar-refractivity contribution >= 4 is 22.6 Å². The third-order valence-corrected chi connectivity index (χ3v) is 7.22. The lowest BCUT2D eigenvalue weighted by molar-refractivity contribution is -0.140. The number of hydrogen-bond donors (Lipinski definition) is 0. The second kappa shape index (κ2) is 9.61. The average Bonchev–Trinajstić information content (AvgIpc) is 3.42. The maximum absolute atomic E-state index is 13.2. The maximum Gasteiger partial charge on any atom is 0.434 e. The molecule has 1 saturated carbocycles. The van der Waals surface area contributed by atoms with Crippen molar-refractivity contribution in [3.63, 3.8) is 0 Å². The first kappa shape index (κ1) is 26.3. The molecule has 4 heterocycles. The fourth-order valence-corrected chi connectivity index (χ4v) is 5.07. The highest BCUT2D eigenvalue weighted by atomic mass is 35.5. The van der Waals surface area contributed by atoms with Crippen LogP contribution < -0.4 is 4.74 Å². The summed E-state index contributed by atoms with van der Waals surface area (Å²) in [6, 6.07) is 5.39. The van der Waals surface area contributed by atoms with Crippen LogP contribution in [0.5, 0.6) is 5.75 Å². The normalized spacial score (nSPS) is 14.0. The van der Waals surface area contributed by atoms with E-state index in [0.29, 0.717) is 46.0 Å². The molecule has 13 heteroatoms. The van der Waals surface area contributed by atoms with Crippen LogP contribution in [-0.4, -0.2) is 46.2 Å². The molecular formula is C27H26ClF3N8O. The molecule has 0 bridgehead atoms. The number of rotatable bonds is 7. The van der Waals surface area contributed by atoms with E-state index in [1.54, 1.807) is 29.2 Å². The Kier molecular flexibility index (Phi) is 6.32. The largest absolute Gasteiger partial charge is 0.496 e. The Balaban J connectivity index is 1.40. The minimum Gasteiger partial charge on any atom is -0.496 e. The fourth-order valence-electron chi connectivity index (χ4n) is 4.85. The second-order valence-electron chi connectivity index (χ2n) is 10.2. The predicted molar refractivity (Wildman–Crippen MR) is 143 cm³/mol. The number of halogens is 4. The number of nitrogens with zero attached hydrogens (tertiary/aromatic N) is 8. The molecule has 0 radical (unpaired) electrons. The lowest BCUT2D eigenvalue weighted by atomic mass is 10.1. The first-order chi connectivity index (χ1) is 19.0. The predicted octanol–water partition coefficient (Wildman–Crippen LogP) is 6.28. The fraction of sp³-hybridized carbons (Fsp3) is 0.370. The smallest absolute Gasteiger partial charge is 0.434 e. The number of ether oxygens (including phenoxy) is 1. The van der Waals surface area contributed by atoms with Gasteiger partial charge in [-0.1, -0.05) is 17.7 Å². The maximum atomic E-state index is 13.2. The van der Waals surface area contributed by atoms with Gasteiger partial charge in [0.1, 0.15) is 17.3 Å². The van der Waals surface area contributed by atoms with Crippen molar-refractivity contribution in [3.8, 4) is 28.7 Å². The highest BCUT2D eigenvalue weighted by Crippen LogP contribution is 2.43. The number of imidazole rings is 1. The highest BCUT2D eigenvalue weighted by molar-refractivity contribution is 6.32. The molecule has 1 fully saturated rings. The van der Waals surface area contributed by atoms with Crippen molar-refractivity contribution in [2.45, 2.75) is 51.4 Å². The molecule has 1 aromatic carbocycles. The molecule has 40 heavy (non-hydrogen) atoms. The average molecular weight is 571 g/mol. The van der Waals surface area contributed by atoms with Gasteiger partial charge in [0.25, 0.3) is 0 Å². The van der Waals surface area contributed by atoms with E-state index >= 15 is 0 Å². The molecule has 9 nitrogen and oxygen atoms in total. The molecule has 1 aliphatic rings. The van der Waals surface area contributed by atoms with Crippen molar-refractivity contribution in [1.29, 1.82) is 0 Å². The molecule has 0 N–H and O–H groups in total. The number of methoxy groups -OCH3 is 1. The van der Waals surface area contributed by atoms with E-state index in [1.165, 1.54) is 18.7 Å². The van der Waals surface area contributed by atoms with Crippen molar-refractivity contribution in [2.24, 2.45) is 7.05 Å². The molecule has 0 atom stereocenters. The van der Waals surface area contributed by atoms with Crippen molar-refractivity contribution in [2.75, 3.05) is 7.11 Å². The zero-order valence-corrected chi connectivity index (χ0v) is 23.0. The van der Waals surface area contributed by atoms with Crippen molar-refractivity contribution in [3.05, 3.63) is 58.8 Å². The molecule has 4 aromatic heterocycles. The Bertz CT molecular complexity index is 1730. The van der Waals surface area contributed by atoms with E-state index in [9.17, 15) is 13.2 Å². The summed E-state index contributed by atoms with van der Waals surface area (Å²) >= 11 is 6.48. The van der Waals surface area contributed by atoms with E-state index < -0.39 is 11.9 Å². The number of benzene rings is 1. The molecule has 208 valence electrons. The van der Waals surface area contributed by atoms with Gasteiger partial charge >= 0.3 is 6.18 Å². The number of fused-ring (bicyclic) bond motifs is 1. The van der Waals surface area contributed by atoms with Gasteiger partial charge in [-0.25, -0.2) is 19.6 Å². The van der Waals surface area contributed by atoms with Crippen molar-refractivity contribution < 1.29 is 17.9 Å². The molecular weight excluding hydrogens is 545 g/mol. The van der Waals surface area contributed by atoms with Gasteiger partial charge in [-0.2, -0.15) is 23.4 Å². The summed E-state index contributed by atoms with van der Waals surface area (Å²) in [7, 11) is 3.00. The van der Waals surface area contributed by atoms with Gasteiger partial charge in [0.05, 0.1) is 41.5 Å². The first-order valence-corrected chi connectivity index (χ1v) is 13.2. The van der Waals surface area contributed by atoms with Crippen molar-refractivity contribution in [1.82, 2.24) is 39.1 Å². The summed E-state index contributed by atoms with van der Waals surface area (Å²) in [4.78, 5) is 13.3. The molecule has 6 rings (SSSR count). The summed E-state index contributed by atoms with van der Waals surface area (Å²) in [5.41, 5.74) is 2.60. The van der Waals surface area contributed by atoms with Crippen LogP contribution in [0.4, 0.5) is 13.2 Å². The lowest BCUT2D eigenvalue weighted by Crippen LogP contribution is -2.08. The van der Waals surface area contributed by atoms with Gasteiger partial charge in [-0.3, -0.25) is 4.68 Å². The summed E-state index contributed by atoms with van der Waals surface area (Å²) < 4.78 is 50.2. The third kappa shape index (κ3) is 4.59. The van der Waals surface area contributed by atoms with E-state index in [-0.39, 0.29) is 11.9 Å². The van der Waals surface area contributed by atoms with Crippen LogP contribution in [-0.2, 0) is 19.8 Å². The summed E-state index contributed by atoms with van der Waals surface area (Å²) in [5, 5.41) is 10.6. The number of alkyl halides is 3. The Morgan fingerprint density at radius 1 is 1.15 bits per heavy atom. The Morgan fingerprint density at radius 3 is 2.58 bits per heavy atom. The van der Waals surface area contributed by atoms with E-state index in [2.05, 4.69) is 15.1 Å². The molecule has 5 aromatic rings. The molecule has 1 aliphatic carbocycles. The minimum absolute atomic E-state index is 0.0608. The SMILES string of the molecule is COc1cc(Cn2nc(C3CC3)c3cnc(-c4c(Cl)cnn4C(C)C)nc32)ccc1-c1nc(C(F)(F)F)cn1C. The van der Waals surface area contributed by atoms with Gasteiger partial charge in [0.2, 0.25) is 0 Å². The lowest BCUT2D eigenvalue weighted by Gasteiger charge is -2.12. The quantitative estimate of drug-likeness (QED) is 0.229. The summed E-state index contributed by atoms with van der Waals surface area (Å²) in [6.45, 7) is 4.38. The van der Waals surface area contributed by atoms with E-state index in [4.69, 9.17) is 26.4 Å². The summed E-state index contributed by atoms with van der Waals surface area (Å²) in [5.74, 6) is 1.38. The minimum atomic E-state index is -4.54. The number of hydrogen-bond acceptors (Lipinski definition) is 6. The standard InChI is InChI=1S/C27H26ClF3N8O/c1-14(2)39-23(19(28)11-33-39)24-32-10-18-22(16-6-7-16)36-38(26(18)35-24)12-15-5-8-17(20(9-15)40-4)25-34-21(13-37(25)3)27(29,30)31/h5,8-11,13-14,16H,6-7,12H2,1-4H3. The van der Waals surface area contributed by atoms with E-state index in [0.717, 1.165) is 35.7 Å². The third-order valence-electron chi connectivity index (χ3n) is 6.94. The van der Waals surface area contributed by atoms with Crippen LogP contribution in [0.25, 0.3) is 33.9 Å². The zero-order valence-electron chi connectivity index (χ0n) is 22.2. The van der Waals surface area contributed by atoms with Gasteiger partial charge < -0.3 is 9.30 Å². The molecule has 0 saturated heterocycles. The first-order valence-electron chi connectivity index (χ1n) is 12.8. The Hall–Kier alpha value is -3.93. The Morgan fingerprint density at radius 2 is 1.93 bits per heavy atom. The van der Waals surface area contributed by atoms with Gasteiger partial charge in [-0.15, -0.1) is 0 Å². The topological polar surface area (TPSA) is 88.5 Å². The second-order valence-corrected chi connectivity index (χ2v) is 10.6. The zero-order chi connectivity index (χ0) is 28.3.